The molecule has 2 aromatic carbocycles. The molecular weight excluding hydrogens is 440 g/mol. The molecule has 1 atom stereocenters. The maximum Gasteiger partial charge on any atom is 0.407 e. The van der Waals surface area contributed by atoms with Crippen LogP contribution in [0, 0.1) is 19.8 Å². The number of hydrogen-bond donors (Lipinski definition) is 2. The molecule has 0 saturated carbocycles. The lowest BCUT2D eigenvalue weighted by Crippen LogP contribution is -2.33. The summed E-state index contributed by atoms with van der Waals surface area (Å²) in [5, 5.41) is 3.98. The molecule has 1 unspecified atom stereocenters. The summed E-state index contributed by atoms with van der Waals surface area (Å²) in [6, 6.07) is 12.8. The van der Waals surface area contributed by atoms with E-state index in [1.54, 1.807) is 0 Å². The van der Waals surface area contributed by atoms with E-state index in [9.17, 15) is 9.59 Å². The standard InChI is InChI=1S/C29H38N2O4/c1-8-34-27(32)20(4)16-21-9-10-25-24(17-21)23(11-12-30-28(33)35-29(5,6)7)26(31-25)22-14-18(2)13-19(3)15-22/h9-10,13-15,17,20,31H,8,11-12,16H2,1-7H3,(H,30,33). The van der Waals surface area contributed by atoms with Gasteiger partial charge in [-0.2, -0.15) is 0 Å². The maximum absolute atomic E-state index is 12.2. The summed E-state index contributed by atoms with van der Waals surface area (Å²) < 4.78 is 10.6. The number of nitrogens with one attached hydrogen (secondary N) is 2. The summed E-state index contributed by atoms with van der Waals surface area (Å²) in [4.78, 5) is 28.0. The van der Waals surface area contributed by atoms with Crippen molar-refractivity contribution >= 4 is 23.0 Å². The quantitative estimate of drug-likeness (QED) is 0.375. The van der Waals surface area contributed by atoms with Crippen LogP contribution in [0.3, 0.4) is 0 Å². The Morgan fingerprint density at radius 3 is 2.37 bits per heavy atom. The molecule has 0 aliphatic rings. The number of aryl methyl sites for hydroxylation is 2. The first-order valence-electron chi connectivity index (χ1n) is 12.3. The number of alkyl carbamates (subject to hydrolysis) is 1. The predicted octanol–water partition coefficient (Wildman–Crippen LogP) is 6.26. The number of aromatic amines is 1. The van der Waals surface area contributed by atoms with Crippen LogP contribution in [-0.4, -0.2) is 35.8 Å². The Kier molecular flexibility index (Phi) is 8.26. The number of H-pyrrole nitrogens is 1. The Hall–Kier alpha value is -3.28. The third kappa shape index (κ3) is 7.10. The van der Waals surface area contributed by atoms with Crippen LogP contribution in [-0.2, 0) is 27.1 Å². The number of carbonyl (C=O) groups excluding carboxylic acids is 2. The molecule has 1 amide bonds. The minimum atomic E-state index is -0.542. The van der Waals surface area contributed by atoms with E-state index in [1.807, 2.05) is 34.6 Å². The third-order valence-electron chi connectivity index (χ3n) is 5.75. The van der Waals surface area contributed by atoms with Crippen molar-refractivity contribution in [2.45, 2.75) is 66.9 Å². The normalized spacial score (nSPS) is 12.4. The molecule has 0 fully saturated rings. The van der Waals surface area contributed by atoms with Gasteiger partial charge >= 0.3 is 12.1 Å². The van der Waals surface area contributed by atoms with Crippen molar-refractivity contribution in [1.29, 1.82) is 0 Å². The Bertz CT molecular complexity index is 1180. The second kappa shape index (κ2) is 11.0. The van der Waals surface area contributed by atoms with Crippen molar-refractivity contribution in [3.63, 3.8) is 0 Å². The summed E-state index contributed by atoms with van der Waals surface area (Å²) >= 11 is 0. The first kappa shape index (κ1) is 26.3. The van der Waals surface area contributed by atoms with Crippen LogP contribution in [0.4, 0.5) is 4.79 Å². The molecule has 188 valence electrons. The number of ether oxygens (including phenoxy) is 2. The van der Waals surface area contributed by atoms with Crippen LogP contribution in [0.5, 0.6) is 0 Å². The smallest absolute Gasteiger partial charge is 0.407 e. The van der Waals surface area contributed by atoms with Crippen molar-refractivity contribution in [2.24, 2.45) is 5.92 Å². The van der Waals surface area contributed by atoms with Crippen LogP contribution in [0.15, 0.2) is 36.4 Å². The number of aromatic nitrogens is 1. The number of fused-ring (bicyclic) bond motifs is 1. The molecule has 0 radical (unpaired) electrons. The van der Waals surface area contributed by atoms with Gasteiger partial charge < -0.3 is 19.8 Å². The molecule has 1 heterocycles. The molecule has 3 aromatic rings. The molecule has 6 nitrogen and oxygen atoms in total. The van der Waals surface area contributed by atoms with Gasteiger partial charge in [-0.15, -0.1) is 0 Å². The minimum absolute atomic E-state index is 0.181. The fraction of sp³-hybridized carbons (Fsp3) is 0.448. The molecule has 0 aliphatic carbocycles. The average Bonchev–Trinajstić information content (AvgIpc) is 3.10. The van der Waals surface area contributed by atoms with Gasteiger partial charge in [-0.25, -0.2) is 4.79 Å². The molecule has 0 saturated heterocycles. The van der Waals surface area contributed by atoms with Gasteiger partial charge in [0.2, 0.25) is 0 Å². The van der Waals surface area contributed by atoms with Crippen LogP contribution in [0.1, 0.15) is 56.9 Å². The van der Waals surface area contributed by atoms with Crippen molar-refractivity contribution < 1.29 is 19.1 Å². The van der Waals surface area contributed by atoms with Crippen molar-refractivity contribution in [3.05, 3.63) is 58.7 Å². The molecule has 0 spiro atoms. The zero-order valence-electron chi connectivity index (χ0n) is 22.0. The lowest BCUT2D eigenvalue weighted by molar-refractivity contribution is -0.147. The zero-order valence-corrected chi connectivity index (χ0v) is 22.0. The molecule has 35 heavy (non-hydrogen) atoms. The van der Waals surface area contributed by atoms with Crippen LogP contribution in [0.2, 0.25) is 0 Å². The number of amides is 1. The second-order valence-corrected chi connectivity index (χ2v) is 10.3. The van der Waals surface area contributed by atoms with E-state index in [2.05, 4.69) is 60.5 Å². The lowest BCUT2D eigenvalue weighted by atomic mass is 9.96. The molecule has 3 rings (SSSR count). The maximum atomic E-state index is 12.2. The van der Waals surface area contributed by atoms with E-state index in [-0.39, 0.29) is 11.9 Å². The van der Waals surface area contributed by atoms with Gasteiger partial charge in [-0.3, -0.25) is 4.79 Å². The number of esters is 1. The van der Waals surface area contributed by atoms with Gasteiger partial charge in [-0.1, -0.05) is 30.2 Å². The molecule has 1 aromatic heterocycles. The van der Waals surface area contributed by atoms with E-state index in [1.165, 1.54) is 11.1 Å². The Balaban J connectivity index is 1.95. The lowest BCUT2D eigenvalue weighted by Gasteiger charge is -2.19. The molecule has 6 heteroatoms. The summed E-state index contributed by atoms with van der Waals surface area (Å²) in [7, 11) is 0. The predicted molar refractivity (Wildman–Crippen MR) is 141 cm³/mol. The summed E-state index contributed by atoms with van der Waals surface area (Å²) in [6.45, 7) is 14.3. The zero-order chi connectivity index (χ0) is 25.8. The fourth-order valence-electron chi connectivity index (χ4n) is 4.37. The van der Waals surface area contributed by atoms with Crippen molar-refractivity contribution in [1.82, 2.24) is 10.3 Å². The van der Waals surface area contributed by atoms with Crippen LogP contribution >= 0.6 is 0 Å². The van der Waals surface area contributed by atoms with E-state index >= 15 is 0 Å². The van der Waals surface area contributed by atoms with E-state index < -0.39 is 11.7 Å². The van der Waals surface area contributed by atoms with Gasteiger partial charge in [0.1, 0.15) is 5.60 Å². The summed E-state index contributed by atoms with van der Waals surface area (Å²) in [6.07, 6.45) is 0.821. The highest BCUT2D eigenvalue weighted by atomic mass is 16.6. The third-order valence-corrected chi connectivity index (χ3v) is 5.75. The number of carbonyl (C=O) groups is 2. The van der Waals surface area contributed by atoms with Gasteiger partial charge in [-0.05, 0) is 95.3 Å². The first-order valence-corrected chi connectivity index (χ1v) is 12.3. The number of rotatable bonds is 8. The molecule has 0 bridgehead atoms. The van der Waals surface area contributed by atoms with E-state index in [0.29, 0.717) is 26.0 Å². The SMILES string of the molecule is CCOC(=O)C(C)Cc1ccc2[nH]c(-c3cc(C)cc(C)c3)c(CCNC(=O)OC(C)(C)C)c2c1. The molecular formula is C29H38N2O4. The highest BCUT2D eigenvalue weighted by molar-refractivity contribution is 5.91. The Morgan fingerprint density at radius 2 is 1.74 bits per heavy atom. The van der Waals surface area contributed by atoms with Crippen LogP contribution < -0.4 is 5.32 Å². The van der Waals surface area contributed by atoms with E-state index in [4.69, 9.17) is 9.47 Å². The highest BCUT2D eigenvalue weighted by Gasteiger charge is 2.19. The Labute approximate surface area is 208 Å². The van der Waals surface area contributed by atoms with Gasteiger partial charge in [0, 0.05) is 23.1 Å². The minimum Gasteiger partial charge on any atom is -0.466 e. The number of hydrogen-bond acceptors (Lipinski definition) is 4. The monoisotopic (exact) mass is 478 g/mol. The van der Waals surface area contributed by atoms with Crippen molar-refractivity contribution in [3.8, 4) is 11.3 Å². The highest BCUT2D eigenvalue weighted by Crippen LogP contribution is 2.33. The van der Waals surface area contributed by atoms with E-state index in [0.717, 1.165) is 33.3 Å². The largest absolute Gasteiger partial charge is 0.466 e. The van der Waals surface area contributed by atoms with Gasteiger partial charge in [0.05, 0.1) is 12.5 Å². The topological polar surface area (TPSA) is 80.4 Å². The molecule has 2 N–H and O–H groups in total. The van der Waals surface area contributed by atoms with Gasteiger partial charge in [0.25, 0.3) is 0 Å². The first-order chi connectivity index (χ1) is 16.5. The molecule has 0 aliphatic heterocycles. The second-order valence-electron chi connectivity index (χ2n) is 10.3. The van der Waals surface area contributed by atoms with Crippen molar-refractivity contribution in [2.75, 3.05) is 13.2 Å². The number of benzene rings is 2. The summed E-state index contributed by atoms with van der Waals surface area (Å²) in [5.74, 6) is -0.401. The fourth-order valence-corrected chi connectivity index (χ4v) is 4.37. The Morgan fingerprint density at radius 1 is 1.06 bits per heavy atom. The van der Waals surface area contributed by atoms with Gasteiger partial charge in [0.15, 0.2) is 0 Å². The average molecular weight is 479 g/mol. The van der Waals surface area contributed by atoms with Crippen LogP contribution in [0.25, 0.3) is 22.2 Å². The summed E-state index contributed by atoms with van der Waals surface area (Å²) in [5.41, 5.74) is 7.25.